The molecule has 0 N–H and O–H groups in total. The van der Waals surface area contributed by atoms with E-state index in [9.17, 15) is 14.0 Å². The van der Waals surface area contributed by atoms with Crippen molar-refractivity contribution in [3.05, 3.63) is 81.0 Å². The van der Waals surface area contributed by atoms with E-state index in [1.165, 1.54) is 28.5 Å². The summed E-state index contributed by atoms with van der Waals surface area (Å²) >= 11 is 1.28. The van der Waals surface area contributed by atoms with Crippen molar-refractivity contribution in [2.75, 3.05) is 38.7 Å². The molecule has 0 unspecified atom stereocenters. The molecule has 0 radical (unpaired) electrons. The number of rotatable bonds is 7. The van der Waals surface area contributed by atoms with Gasteiger partial charge in [-0.15, -0.1) is 0 Å². The number of benzene rings is 2. The van der Waals surface area contributed by atoms with Crippen LogP contribution in [0, 0.1) is 12.7 Å². The van der Waals surface area contributed by atoms with Crippen LogP contribution < -0.4 is 15.0 Å². The second-order valence-electron chi connectivity index (χ2n) is 9.26. The number of piperazine rings is 1. The van der Waals surface area contributed by atoms with E-state index in [2.05, 4.69) is 9.88 Å². The summed E-state index contributed by atoms with van der Waals surface area (Å²) in [6, 6.07) is 12.1. The molecule has 0 aliphatic carbocycles. The Morgan fingerprint density at radius 2 is 1.73 bits per heavy atom. The maximum atomic E-state index is 13.2. The number of hydrogen-bond donors (Lipinski definition) is 0. The lowest BCUT2D eigenvalue weighted by Crippen LogP contribution is -2.48. The number of ether oxygens (including phenoxy) is 2. The third-order valence-electron chi connectivity index (χ3n) is 6.74. The van der Waals surface area contributed by atoms with E-state index in [1.807, 2.05) is 23.1 Å². The van der Waals surface area contributed by atoms with E-state index in [1.54, 1.807) is 26.1 Å². The van der Waals surface area contributed by atoms with Gasteiger partial charge in [0.05, 0.1) is 5.75 Å². The molecule has 0 saturated carbocycles. The van der Waals surface area contributed by atoms with Gasteiger partial charge in [-0.05, 0) is 42.3 Å². The summed E-state index contributed by atoms with van der Waals surface area (Å²) in [7, 11) is 1.67. The summed E-state index contributed by atoms with van der Waals surface area (Å²) in [4.78, 5) is 34.7. The van der Waals surface area contributed by atoms with E-state index in [0.717, 1.165) is 42.3 Å². The molecule has 0 spiro atoms. The number of hydrogen-bond acceptors (Lipinski definition) is 7. The van der Waals surface area contributed by atoms with Gasteiger partial charge >= 0.3 is 0 Å². The van der Waals surface area contributed by atoms with Gasteiger partial charge in [-0.1, -0.05) is 30.0 Å². The molecular weight excluding hydrogens is 495 g/mol. The quantitative estimate of drug-likeness (QED) is 0.347. The number of carbonyl (C=O) groups is 1. The average Bonchev–Trinajstić information content (AvgIpc) is 3.37. The number of thioether (sulfide) groups is 1. The second-order valence-corrected chi connectivity index (χ2v) is 10.2. The summed E-state index contributed by atoms with van der Waals surface area (Å²) in [5, 5.41) is 0.514. The predicted octanol–water partition coefficient (Wildman–Crippen LogP) is 2.98. The van der Waals surface area contributed by atoms with Crippen LogP contribution in [-0.4, -0.2) is 64.0 Å². The number of nitrogens with zero attached hydrogens (tertiary/aromatic N) is 4. The molecule has 2 aliphatic rings. The Bertz CT molecular complexity index is 1350. The fourth-order valence-corrected chi connectivity index (χ4v) is 5.45. The van der Waals surface area contributed by atoms with Crippen LogP contribution in [0.5, 0.6) is 11.5 Å². The van der Waals surface area contributed by atoms with Crippen LogP contribution >= 0.6 is 11.8 Å². The second kappa shape index (κ2) is 10.9. The Morgan fingerprint density at radius 1 is 1.03 bits per heavy atom. The molecule has 1 aromatic heterocycles. The first-order valence-corrected chi connectivity index (χ1v) is 13.2. The molecule has 1 saturated heterocycles. The first kappa shape index (κ1) is 25.3. The Labute approximate surface area is 219 Å². The Kier molecular flexibility index (Phi) is 7.48. The number of fused-ring (bicyclic) bond motifs is 1. The van der Waals surface area contributed by atoms with E-state index < -0.39 is 0 Å². The van der Waals surface area contributed by atoms with Gasteiger partial charge < -0.3 is 14.4 Å². The topological polar surface area (TPSA) is 76.9 Å². The van der Waals surface area contributed by atoms with Gasteiger partial charge in [0, 0.05) is 57.4 Å². The van der Waals surface area contributed by atoms with Crippen LogP contribution in [0.2, 0.25) is 0 Å². The smallest absolute Gasteiger partial charge is 0.257 e. The minimum absolute atomic E-state index is 0.0371. The van der Waals surface area contributed by atoms with Crippen LogP contribution in [0.4, 0.5) is 4.39 Å². The Balaban J connectivity index is 1.14. The zero-order chi connectivity index (χ0) is 25.9. The summed E-state index contributed by atoms with van der Waals surface area (Å²) in [6.07, 6.45) is 0.381. The largest absolute Gasteiger partial charge is 0.454 e. The highest BCUT2D eigenvalue weighted by Gasteiger charge is 2.23. The highest BCUT2D eigenvalue weighted by molar-refractivity contribution is 7.99. The van der Waals surface area contributed by atoms with Crippen molar-refractivity contribution in [3.63, 3.8) is 0 Å². The van der Waals surface area contributed by atoms with E-state index in [-0.39, 0.29) is 29.8 Å². The molecule has 0 bridgehead atoms. The lowest BCUT2D eigenvalue weighted by Gasteiger charge is -2.34. The zero-order valence-electron chi connectivity index (χ0n) is 20.9. The van der Waals surface area contributed by atoms with Gasteiger partial charge in [-0.3, -0.25) is 19.1 Å². The molecule has 2 aromatic carbocycles. The SMILES string of the molecule is Cc1nc(SCC(=O)N2CCN(Cc3ccc4c(c3)OCO4)CC2)n(C)c(=O)c1Cc1ccc(F)cc1. The lowest BCUT2D eigenvalue weighted by molar-refractivity contribution is -0.130. The highest BCUT2D eigenvalue weighted by atomic mass is 32.2. The molecule has 3 heterocycles. The van der Waals surface area contributed by atoms with Gasteiger partial charge in [-0.2, -0.15) is 0 Å². The third kappa shape index (κ3) is 5.80. The minimum Gasteiger partial charge on any atom is -0.454 e. The van der Waals surface area contributed by atoms with Crippen LogP contribution in [0.25, 0.3) is 0 Å². The molecule has 194 valence electrons. The Morgan fingerprint density at radius 3 is 2.49 bits per heavy atom. The first-order valence-electron chi connectivity index (χ1n) is 12.2. The standard InChI is InChI=1S/C27H29FN4O4S/c1-18-22(13-19-3-6-21(28)7-4-19)26(34)30(2)27(29-18)37-16-25(33)32-11-9-31(10-12-32)15-20-5-8-23-24(14-20)36-17-35-23/h3-8,14H,9-13,15-17H2,1-2H3. The predicted molar refractivity (Wildman–Crippen MR) is 139 cm³/mol. The van der Waals surface area contributed by atoms with Crippen molar-refractivity contribution in [1.82, 2.24) is 19.4 Å². The van der Waals surface area contributed by atoms with Gasteiger partial charge in [0.1, 0.15) is 5.82 Å². The maximum absolute atomic E-state index is 13.2. The number of carbonyl (C=O) groups excluding carboxylic acids is 1. The normalized spacial score (nSPS) is 15.3. The summed E-state index contributed by atoms with van der Waals surface area (Å²) < 4.78 is 25.5. The maximum Gasteiger partial charge on any atom is 0.257 e. The Hall–Kier alpha value is -3.37. The van der Waals surface area contributed by atoms with Crippen molar-refractivity contribution < 1.29 is 18.7 Å². The van der Waals surface area contributed by atoms with Gasteiger partial charge in [0.15, 0.2) is 16.7 Å². The molecule has 37 heavy (non-hydrogen) atoms. The molecule has 8 nitrogen and oxygen atoms in total. The molecular formula is C27H29FN4O4S. The van der Waals surface area contributed by atoms with Gasteiger partial charge in [-0.25, -0.2) is 9.37 Å². The number of aromatic nitrogens is 2. The summed E-state index contributed by atoms with van der Waals surface area (Å²) in [5.74, 6) is 1.51. The number of aryl methyl sites for hydroxylation is 1. The molecule has 3 aromatic rings. The molecule has 5 rings (SSSR count). The molecule has 0 atom stereocenters. The highest BCUT2D eigenvalue weighted by Crippen LogP contribution is 2.33. The van der Waals surface area contributed by atoms with E-state index in [0.29, 0.717) is 35.9 Å². The number of amides is 1. The summed E-state index contributed by atoms with van der Waals surface area (Å²) in [6.45, 7) is 5.75. The number of halogens is 1. The first-order chi connectivity index (χ1) is 17.9. The van der Waals surface area contributed by atoms with Crippen LogP contribution in [0.1, 0.15) is 22.4 Å². The minimum atomic E-state index is -0.311. The van der Waals surface area contributed by atoms with E-state index >= 15 is 0 Å². The monoisotopic (exact) mass is 524 g/mol. The lowest BCUT2D eigenvalue weighted by atomic mass is 10.1. The van der Waals surface area contributed by atoms with Gasteiger partial charge in [0.2, 0.25) is 12.7 Å². The van der Waals surface area contributed by atoms with Crippen molar-refractivity contribution in [2.45, 2.75) is 25.0 Å². The molecule has 2 aliphatic heterocycles. The fourth-order valence-electron chi connectivity index (χ4n) is 4.54. The van der Waals surface area contributed by atoms with Crippen LogP contribution in [-0.2, 0) is 24.8 Å². The third-order valence-corrected chi connectivity index (χ3v) is 7.75. The zero-order valence-corrected chi connectivity index (χ0v) is 21.7. The van der Waals surface area contributed by atoms with Crippen molar-refractivity contribution in [2.24, 2.45) is 7.05 Å². The van der Waals surface area contributed by atoms with E-state index in [4.69, 9.17) is 9.47 Å². The van der Waals surface area contributed by atoms with Crippen LogP contribution in [0.3, 0.4) is 0 Å². The van der Waals surface area contributed by atoms with Gasteiger partial charge in [0.25, 0.3) is 5.56 Å². The molecule has 1 amide bonds. The fraction of sp³-hybridized carbons (Fsp3) is 0.370. The molecule has 1 fully saturated rings. The van der Waals surface area contributed by atoms with Crippen molar-refractivity contribution in [1.29, 1.82) is 0 Å². The van der Waals surface area contributed by atoms with Crippen LogP contribution in [0.15, 0.2) is 52.4 Å². The summed E-state index contributed by atoms with van der Waals surface area (Å²) in [5.41, 5.74) is 3.05. The average molecular weight is 525 g/mol. The van der Waals surface area contributed by atoms with Crippen molar-refractivity contribution >= 4 is 17.7 Å². The molecule has 10 heteroatoms. The van der Waals surface area contributed by atoms with Crippen molar-refractivity contribution in [3.8, 4) is 11.5 Å².